The van der Waals surface area contributed by atoms with Gasteiger partial charge in [-0.25, -0.2) is 0 Å². The quantitative estimate of drug-likeness (QED) is 0.929. The van der Waals surface area contributed by atoms with Gasteiger partial charge < -0.3 is 10.0 Å². The van der Waals surface area contributed by atoms with E-state index in [0.717, 1.165) is 10.0 Å². The molecule has 1 unspecified atom stereocenters. The van der Waals surface area contributed by atoms with Crippen molar-refractivity contribution in [3.63, 3.8) is 0 Å². The summed E-state index contributed by atoms with van der Waals surface area (Å²) in [6.07, 6.45) is 0. The summed E-state index contributed by atoms with van der Waals surface area (Å²) >= 11 is 3.34. The molecule has 18 heavy (non-hydrogen) atoms. The maximum Gasteiger partial charge on any atom is 0.308 e. The number of aryl methyl sites for hydroxylation is 1. The fourth-order valence-electron chi connectivity index (χ4n) is 1.65. The summed E-state index contributed by atoms with van der Waals surface area (Å²) in [6, 6.07) is 5.43. The predicted molar refractivity (Wildman–Crippen MR) is 72.6 cm³/mol. The van der Waals surface area contributed by atoms with Gasteiger partial charge in [0.25, 0.3) is 5.91 Å². The van der Waals surface area contributed by atoms with Crippen LogP contribution in [0.2, 0.25) is 0 Å². The molecule has 0 heterocycles. The van der Waals surface area contributed by atoms with Gasteiger partial charge in [-0.15, -0.1) is 0 Å². The smallest absolute Gasteiger partial charge is 0.308 e. The molecule has 0 bridgehead atoms. The minimum atomic E-state index is -0.903. The van der Waals surface area contributed by atoms with Gasteiger partial charge in [0.2, 0.25) is 0 Å². The Morgan fingerprint density at radius 1 is 1.39 bits per heavy atom. The predicted octanol–water partition coefficient (Wildman–Crippen LogP) is 2.55. The Morgan fingerprint density at radius 2 is 2.00 bits per heavy atom. The number of carboxylic acids is 1. The first-order valence-corrected chi connectivity index (χ1v) is 6.36. The van der Waals surface area contributed by atoms with Crippen LogP contribution in [0.3, 0.4) is 0 Å². The van der Waals surface area contributed by atoms with Gasteiger partial charge in [-0.1, -0.05) is 22.9 Å². The molecule has 1 N–H and O–H groups in total. The van der Waals surface area contributed by atoms with Crippen LogP contribution < -0.4 is 0 Å². The second kappa shape index (κ2) is 6.00. The molecule has 98 valence electrons. The first kappa shape index (κ1) is 14.7. The van der Waals surface area contributed by atoms with Crippen LogP contribution >= 0.6 is 15.9 Å². The monoisotopic (exact) mass is 313 g/mol. The second-order valence-corrected chi connectivity index (χ2v) is 5.36. The molecule has 1 aromatic rings. The first-order chi connectivity index (χ1) is 8.31. The van der Waals surface area contributed by atoms with Crippen molar-refractivity contribution in [2.45, 2.75) is 13.8 Å². The van der Waals surface area contributed by atoms with E-state index in [1.54, 1.807) is 26.1 Å². The van der Waals surface area contributed by atoms with E-state index in [1.807, 2.05) is 13.0 Å². The number of hydrogen-bond acceptors (Lipinski definition) is 2. The van der Waals surface area contributed by atoms with Crippen LogP contribution in [-0.4, -0.2) is 35.5 Å². The summed E-state index contributed by atoms with van der Waals surface area (Å²) in [5.41, 5.74) is 1.54. The molecule has 1 aromatic carbocycles. The van der Waals surface area contributed by atoms with Crippen molar-refractivity contribution < 1.29 is 14.7 Å². The summed E-state index contributed by atoms with van der Waals surface area (Å²) in [5.74, 6) is -1.65. The minimum Gasteiger partial charge on any atom is -0.481 e. The highest BCUT2D eigenvalue weighted by Gasteiger charge is 2.18. The zero-order valence-electron chi connectivity index (χ0n) is 10.6. The van der Waals surface area contributed by atoms with Gasteiger partial charge in [0.15, 0.2) is 0 Å². The number of amides is 1. The SMILES string of the molecule is Cc1cc(Br)cc(C(=O)N(C)CC(C)C(=O)O)c1. The van der Waals surface area contributed by atoms with Gasteiger partial charge in [-0.2, -0.15) is 0 Å². The first-order valence-electron chi connectivity index (χ1n) is 5.56. The average Bonchev–Trinajstić information content (AvgIpc) is 2.26. The molecule has 1 rings (SSSR count). The van der Waals surface area contributed by atoms with Crippen molar-refractivity contribution in [3.05, 3.63) is 33.8 Å². The van der Waals surface area contributed by atoms with Crippen molar-refractivity contribution in [3.8, 4) is 0 Å². The Morgan fingerprint density at radius 3 is 2.50 bits per heavy atom. The summed E-state index contributed by atoms with van der Waals surface area (Å²) in [7, 11) is 1.61. The van der Waals surface area contributed by atoms with Gasteiger partial charge in [-0.05, 0) is 30.7 Å². The molecule has 0 radical (unpaired) electrons. The lowest BCUT2D eigenvalue weighted by Gasteiger charge is -2.19. The molecular weight excluding hydrogens is 298 g/mol. The third-order valence-corrected chi connectivity index (χ3v) is 3.06. The summed E-state index contributed by atoms with van der Waals surface area (Å²) in [5, 5.41) is 8.83. The molecule has 0 saturated heterocycles. The lowest BCUT2D eigenvalue weighted by Crippen LogP contribution is -2.33. The van der Waals surface area contributed by atoms with E-state index in [4.69, 9.17) is 5.11 Å². The molecule has 0 aliphatic rings. The van der Waals surface area contributed by atoms with Crippen LogP contribution in [0.5, 0.6) is 0 Å². The zero-order chi connectivity index (χ0) is 13.9. The summed E-state index contributed by atoms with van der Waals surface area (Å²) in [6.45, 7) is 3.68. The number of hydrogen-bond donors (Lipinski definition) is 1. The van der Waals surface area contributed by atoms with Crippen LogP contribution in [0.4, 0.5) is 0 Å². The van der Waals surface area contributed by atoms with Gasteiger partial charge in [0, 0.05) is 23.6 Å². The Labute approximate surface area is 115 Å². The molecule has 0 spiro atoms. The number of carbonyl (C=O) groups is 2. The van der Waals surface area contributed by atoms with E-state index in [9.17, 15) is 9.59 Å². The molecule has 0 fully saturated rings. The standard InChI is InChI=1S/C13H16BrNO3/c1-8-4-10(6-11(14)5-8)12(16)15(3)7-9(2)13(17)18/h4-6,9H,7H2,1-3H3,(H,17,18). The number of carbonyl (C=O) groups excluding carboxylic acids is 1. The molecular formula is C13H16BrNO3. The fourth-order valence-corrected chi connectivity index (χ4v) is 2.26. The van der Waals surface area contributed by atoms with Crippen LogP contribution in [0.15, 0.2) is 22.7 Å². The van der Waals surface area contributed by atoms with Gasteiger partial charge >= 0.3 is 5.97 Å². The van der Waals surface area contributed by atoms with E-state index in [1.165, 1.54) is 4.90 Å². The van der Waals surface area contributed by atoms with Crippen LogP contribution in [0.1, 0.15) is 22.8 Å². The lowest BCUT2D eigenvalue weighted by atomic mass is 10.1. The fraction of sp³-hybridized carbons (Fsp3) is 0.385. The lowest BCUT2D eigenvalue weighted by molar-refractivity contribution is -0.141. The van der Waals surface area contributed by atoms with E-state index in [-0.39, 0.29) is 12.5 Å². The highest BCUT2D eigenvalue weighted by Crippen LogP contribution is 2.16. The van der Waals surface area contributed by atoms with Crippen molar-refractivity contribution in [1.82, 2.24) is 4.90 Å². The maximum atomic E-state index is 12.1. The van der Waals surface area contributed by atoms with E-state index in [0.29, 0.717) is 5.56 Å². The Balaban J connectivity index is 2.83. The van der Waals surface area contributed by atoms with Crippen molar-refractivity contribution in [1.29, 1.82) is 0 Å². The topological polar surface area (TPSA) is 57.6 Å². The Bertz CT molecular complexity index is 453. The molecule has 0 aliphatic heterocycles. The van der Waals surface area contributed by atoms with Gasteiger partial charge in [-0.3, -0.25) is 9.59 Å². The van der Waals surface area contributed by atoms with Crippen molar-refractivity contribution in [2.75, 3.05) is 13.6 Å². The van der Waals surface area contributed by atoms with Crippen molar-refractivity contribution in [2.24, 2.45) is 5.92 Å². The second-order valence-electron chi connectivity index (χ2n) is 4.44. The summed E-state index contributed by atoms with van der Waals surface area (Å²) in [4.78, 5) is 24.3. The highest BCUT2D eigenvalue weighted by molar-refractivity contribution is 9.10. The van der Waals surface area contributed by atoms with Crippen LogP contribution in [0, 0.1) is 12.8 Å². The number of rotatable bonds is 4. The number of nitrogens with zero attached hydrogens (tertiary/aromatic N) is 1. The zero-order valence-corrected chi connectivity index (χ0v) is 12.2. The van der Waals surface area contributed by atoms with Gasteiger partial charge in [0.1, 0.15) is 0 Å². The molecule has 4 nitrogen and oxygen atoms in total. The third-order valence-electron chi connectivity index (χ3n) is 2.61. The number of halogens is 1. The average molecular weight is 314 g/mol. The molecule has 1 atom stereocenters. The molecule has 1 amide bonds. The molecule has 0 saturated carbocycles. The normalized spacial score (nSPS) is 12.0. The van der Waals surface area contributed by atoms with Crippen molar-refractivity contribution >= 4 is 27.8 Å². The maximum absolute atomic E-state index is 12.1. The molecule has 5 heteroatoms. The van der Waals surface area contributed by atoms with Crippen LogP contribution in [-0.2, 0) is 4.79 Å². The molecule has 0 aliphatic carbocycles. The Kier molecular flexibility index (Phi) is 4.90. The number of carboxylic acid groups (broad SMARTS) is 1. The van der Waals surface area contributed by atoms with E-state index in [2.05, 4.69) is 15.9 Å². The van der Waals surface area contributed by atoms with E-state index < -0.39 is 11.9 Å². The third kappa shape index (κ3) is 3.84. The van der Waals surface area contributed by atoms with E-state index >= 15 is 0 Å². The number of aliphatic carboxylic acids is 1. The largest absolute Gasteiger partial charge is 0.481 e. The molecule has 0 aromatic heterocycles. The Hall–Kier alpha value is -1.36. The van der Waals surface area contributed by atoms with Gasteiger partial charge in [0.05, 0.1) is 5.92 Å². The summed E-state index contributed by atoms with van der Waals surface area (Å²) < 4.78 is 0.838. The minimum absolute atomic E-state index is 0.174. The highest BCUT2D eigenvalue weighted by atomic mass is 79.9. The van der Waals surface area contributed by atoms with Crippen LogP contribution in [0.25, 0.3) is 0 Å². The number of benzene rings is 1.